The summed E-state index contributed by atoms with van der Waals surface area (Å²) in [6, 6.07) is 7.09. The van der Waals surface area contributed by atoms with Crippen LogP contribution in [0.25, 0.3) is 21.5 Å². The largest absolute Gasteiger partial charge is 0.399 e. The van der Waals surface area contributed by atoms with Gasteiger partial charge >= 0.3 is 6.18 Å². The highest BCUT2D eigenvalue weighted by molar-refractivity contribution is 7.90. The van der Waals surface area contributed by atoms with Crippen molar-refractivity contribution in [1.82, 2.24) is 19.9 Å². The van der Waals surface area contributed by atoms with Gasteiger partial charge in [-0.15, -0.1) is 0 Å². The highest BCUT2D eigenvalue weighted by atomic mass is 32.2. The summed E-state index contributed by atoms with van der Waals surface area (Å²) in [4.78, 5) is 20.0. The molecule has 0 spiro atoms. The maximum absolute atomic E-state index is 13.4. The molecule has 3 aromatic heterocycles. The van der Waals surface area contributed by atoms with Gasteiger partial charge in [0.05, 0.1) is 23.2 Å². The summed E-state index contributed by atoms with van der Waals surface area (Å²) in [5.41, 5.74) is 1.36. The Morgan fingerprint density at radius 1 is 1.05 bits per heavy atom. The summed E-state index contributed by atoms with van der Waals surface area (Å²) < 4.78 is 63.5. The van der Waals surface area contributed by atoms with Crippen LogP contribution in [0, 0.1) is 5.92 Å². The molecule has 1 aliphatic heterocycles. The van der Waals surface area contributed by atoms with E-state index >= 15 is 0 Å². The molecular formula is C28H31F3N6O2S2. The van der Waals surface area contributed by atoms with Crippen LogP contribution < -0.4 is 10.2 Å². The smallest absolute Gasteiger partial charge is 0.370 e. The van der Waals surface area contributed by atoms with Gasteiger partial charge in [0, 0.05) is 54.3 Å². The number of rotatable bonds is 8. The predicted molar refractivity (Wildman–Crippen MR) is 157 cm³/mol. The van der Waals surface area contributed by atoms with Gasteiger partial charge in [0.1, 0.15) is 25.3 Å². The Labute approximate surface area is 241 Å². The fraction of sp³-hybridized carbons (Fsp3) is 0.429. The Hall–Kier alpha value is -3.32. The Morgan fingerprint density at radius 3 is 2.39 bits per heavy atom. The first-order chi connectivity index (χ1) is 19.1. The van der Waals surface area contributed by atoms with E-state index in [1.807, 2.05) is 0 Å². The monoisotopic (exact) mass is 604 g/mol. The van der Waals surface area contributed by atoms with Crippen molar-refractivity contribution in [3.63, 3.8) is 0 Å². The Kier molecular flexibility index (Phi) is 7.48. The standard InChI is InChI=1S/C28H31F3N6O2S2/c1-16(2)19-7-8-21(37-13-17(14-37)15-41(5,38)39)20-11-34-26(36-24(19)20)35-23-12-33-25(40-23)18-6-9-22(32-10-18)27(3,4)28(29,30)31/h6-12,16-17H,13-15H2,1-5H3,(H,34,35,36). The van der Waals surface area contributed by atoms with Gasteiger partial charge in [0.2, 0.25) is 5.95 Å². The minimum absolute atomic E-state index is 0.0577. The Balaban J connectivity index is 1.37. The molecule has 0 aliphatic carbocycles. The predicted octanol–water partition coefficient (Wildman–Crippen LogP) is 6.34. The van der Waals surface area contributed by atoms with Gasteiger partial charge in [-0.05, 0) is 43.5 Å². The summed E-state index contributed by atoms with van der Waals surface area (Å²) in [7, 11) is -3.02. The lowest BCUT2D eigenvalue weighted by Gasteiger charge is -2.41. The number of benzene rings is 1. The molecule has 8 nitrogen and oxygen atoms in total. The number of anilines is 3. The van der Waals surface area contributed by atoms with Crippen LogP contribution in [0.15, 0.2) is 42.9 Å². The minimum Gasteiger partial charge on any atom is -0.370 e. The number of alkyl halides is 3. The summed E-state index contributed by atoms with van der Waals surface area (Å²) in [6.45, 7) is 7.74. The van der Waals surface area contributed by atoms with E-state index in [-0.39, 0.29) is 23.3 Å². The average Bonchev–Trinajstić information content (AvgIpc) is 3.32. The number of fused-ring (bicyclic) bond motifs is 1. The molecule has 0 amide bonds. The molecule has 218 valence electrons. The molecule has 0 radical (unpaired) electrons. The molecule has 13 heteroatoms. The third-order valence-electron chi connectivity index (χ3n) is 7.32. The second kappa shape index (κ2) is 10.5. The Morgan fingerprint density at radius 2 is 1.78 bits per heavy atom. The van der Waals surface area contributed by atoms with Gasteiger partial charge in [0.15, 0.2) is 0 Å². The topological polar surface area (TPSA) is 101 Å². The fourth-order valence-corrected chi connectivity index (χ4v) is 6.71. The second-order valence-corrected chi connectivity index (χ2v) is 14.6. The number of thiazole rings is 1. The van der Waals surface area contributed by atoms with Gasteiger partial charge in [-0.2, -0.15) is 13.2 Å². The van der Waals surface area contributed by atoms with Crippen molar-refractivity contribution in [3.8, 4) is 10.6 Å². The number of hydrogen-bond donors (Lipinski definition) is 1. The molecule has 1 fully saturated rings. The van der Waals surface area contributed by atoms with Crippen LogP contribution >= 0.6 is 11.3 Å². The molecule has 0 saturated carbocycles. The summed E-state index contributed by atoms with van der Waals surface area (Å²) in [6.07, 6.45) is 1.67. The van der Waals surface area contributed by atoms with E-state index in [4.69, 9.17) is 4.98 Å². The van der Waals surface area contributed by atoms with Crippen molar-refractivity contribution in [2.45, 2.75) is 45.2 Å². The Bertz CT molecular complexity index is 1680. The number of pyridine rings is 1. The van der Waals surface area contributed by atoms with Crippen molar-refractivity contribution < 1.29 is 21.6 Å². The third kappa shape index (κ3) is 6.01. The van der Waals surface area contributed by atoms with Crippen molar-refractivity contribution in [2.75, 3.05) is 35.3 Å². The summed E-state index contributed by atoms with van der Waals surface area (Å²) in [5, 5.41) is 5.38. The van der Waals surface area contributed by atoms with Crippen molar-refractivity contribution in [2.24, 2.45) is 5.92 Å². The zero-order valence-corrected chi connectivity index (χ0v) is 25.0. The molecule has 4 aromatic rings. The summed E-state index contributed by atoms with van der Waals surface area (Å²) >= 11 is 1.32. The van der Waals surface area contributed by atoms with E-state index in [1.54, 1.807) is 18.5 Å². The van der Waals surface area contributed by atoms with Gasteiger partial charge < -0.3 is 10.2 Å². The van der Waals surface area contributed by atoms with Crippen LogP contribution in [0.3, 0.4) is 0 Å². The molecule has 0 atom stereocenters. The fourth-order valence-electron chi connectivity index (χ4n) is 4.84. The lowest BCUT2D eigenvalue weighted by Crippen LogP contribution is -2.49. The van der Waals surface area contributed by atoms with Gasteiger partial charge in [-0.25, -0.2) is 23.4 Å². The maximum Gasteiger partial charge on any atom is 0.399 e. The highest BCUT2D eigenvalue weighted by Crippen LogP contribution is 2.40. The number of nitrogens with one attached hydrogen (secondary N) is 1. The van der Waals surface area contributed by atoms with Crippen LogP contribution in [0.1, 0.15) is 44.9 Å². The zero-order valence-electron chi connectivity index (χ0n) is 23.3. The molecule has 1 aliphatic rings. The second-order valence-electron chi connectivity index (χ2n) is 11.4. The van der Waals surface area contributed by atoms with Crippen LogP contribution in [-0.2, 0) is 15.3 Å². The zero-order chi connectivity index (χ0) is 29.7. The number of aromatic nitrogens is 4. The van der Waals surface area contributed by atoms with Crippen LogP contribution in [0.5, 0.6) is 0 Å². The first-order valence-corrected chi connectivity index (χ1v) is 16.0. The molecule has 0 bridgehead atoms. The molecular weight excluding hydrogens is 573 g/mol. The SMILES string of the molecule is CC(C)c1ccc(N2CC(CS(C)(=O)=O)C2)c2cnc(Nc3cnc(-c4ccc(C(C)(C)C(F)(F)F)nc4)s3)nc12. The van der Waals surface area contributed by atoms with Crippen LogP contribution in [0.4, 0.5) is 29.8 Å². The number of halogens is 3. The number of sulfone groups is 1. The lowest BCUT2D eigenvalue weighted by molar-refractivity contribution is -0.181. The summed E-state index contributed by atoms with van der Waals surface area (Å²) in [5.74, 6) is 0.899. The average molecular weight is 605 g/mol. The van der Waals surface area contributed by atoms with Crippen molar-refractivity contribution in [1.29, 1.82) is 0 Å². The lowest BCUT2D eigenvalue weighted by atomic mass is 9.88. The third-order valence-corrected chi connectivity index (χ3v) is 9.36. The van der Waals surface area contributed by atoms with Gasteiger partial charge in [-0.1, -0.05) is 31.3 Å². The maximum atomic E-state index is 13.4. The molecule has 4 heterocycles. The first kappa shape index (κ1) is 29.2. The van der Waals surface area contributed by atoms with Crippen molar-refractivity contribution >= 4 is 48.7 Å². The molecule has 1 saturated heterocycles. The van der Waals surface area contributed by atoms with E-state index in [2.05, 4.69) is 51.1 Å². The normalized spacial score (nSPS) is 15.0. The van der Waals surface area contributed by atoms with Crippen molar-refractivity contribution in [3.05, 3.63) is 54.1 Å². The van der Waals surface area contributed by atoms with E-state index in [0.717, 1.165) is 36.0 Å². The first-order valence-electron chi connectivity index (χ1n) is 13.1. The molecule has 0 unspecified atom stereocenters. The van der Waals surface area contributed by atoms with E-state index in [9.17, 15) is 21.6 Å². The van der Waals surface area contributed by atoms with E-state index < -0.39 is 21.4 Å². The van der Waals surface area contributed by atoms with Crippen LogP contribution in [0.2, 0.25) is 0 Å². The molecule has 1 N–H and O–H groups in total. The number of nitrogens with zero attached hydrogens (tertiary/aromatic N) is 5. The van der Waals surface area contributed by atoms with Crippen LogP contribution in [-0.4, -0.2) is 59.6 Å². The molecule has 1 aromatic carbocycles. The van der Waals surface area contributed by atoms with E-state index in [1.165, 1.54) is 29.9 Å². The minimum atomic E-state index is -4.41. The van der Waals surface area contributed by atoms with E-state index in [0.29, 0.717) is 34.6 Å². The molecule has 5 rings (SSSR count). The number of hydrogen-bond acceptors (Lipinski definition) is 9. The highest BCUT2D eigenvalue weighted by Gasteiger charge is 2.49. The van der Waals surface area contributed by atoms with Gasteiger partial charge in [-0.3, -0.25) is 4.98 Å². The van der Waals surface area contributed by atoms with Gasteiger partial charge in [0.25, 0.3) is 0 Å². The molecule has 41 heavy (non-hydrogen) atoms. The quantitative estimate of drug-likeness (QED) is 0.249.